The van der Waals surface area contributed by atoms with E-state index in [9.17, 15) is 4.79 Å². The molecule has 0 aromatic heterocycles. The van der Waals surface area contributed by atoms with Crippen LogP contribution in [0.15, 0.2) is 42.5 Å². The Bertz CT molecular complexity index is 813. The van der Waals surface area contributed by atoms with Gasteiger partial charge in [0.25, 0.3) is 0 Å². The van der Waals surface area contributed by atoms with E-state index in [1.807, 2.05) is 19.1 Å². The molecule has 1 atom stereocenters. The minimum atomic E-state index is 0.0184. The fraction of sp³-hybridized carbons (Fsp3) is 0.435. The van der Waals surface area contributed by atoms with Crippen molar-refractivity contribution in [3.63, 3.8) is 0 Å². The van der Waals surface area contributed by atoms with E-state index < -0.39 is 0 Å². The molecular formula is C23H31N3O2. The van der Waals surface area contributed by atoms with Gasteiger partial charge in [-0.25, -0.2) is 0 Å². The summed E-state index contributed by atoms with van der Waals surface area (Å²) in [6.07, 6.45) is 0. The number of methoxy groups -OCH3 is 1. The number of hydrogen-bond donors (Lipinski definition) is 1. The quantitative estimate of drug-likeness (QED) is 0.834. The second-order valence-corrected chi connectivity index (χ2v) is 7.60. The molecule has 1 saturated heterocycles. The van der Waals surface area contributed by atoms with Crippen LogP contribution in [0.1, 0.15) is 29.7 Å². The van der Waals surface area contributed by atoms with Gasteiger partial charge in [-0.2, -0.15) is 0 Å². The zero-order chi connectivity index (χ0) is 20.1. The van der Waals surface area contributed by atoms with Gasteiger partial charge < -0.3 is 15.0 Å². The first-order valence-corrected chi connectivity index (χ1v) is 9.94. The Balaban J connectivity index is 1.48. The molecule has 1 amide bonds. The van der Waals surface area contributed by atoms with Crippen molar-refractivity contribution in [1.82, 2.24) is 10.2 Å². The molecule has 1 heterocycles. The molecule has 0 unspecified atom stereocenters. The Hall–Kier alpha value is -2.53. The molecule has 0 saturated carbocycles. The highest BCUT2D eigenvalue weighted by Gasteiger charge is 2.20. The Morgan fingerprint density at radius 3 is 2.50 bits per heavy atom. The van der Waals surface area contributed by atoms with E-state index in [-0.39, 0.29) is 11.9 Å². The average molecular weight is 382 g/mol. The first-order valence-electron chi connectivity index (χ1n) is 9.94. The van der Waals surface area contributed by atoms with Crippen molar-refractivity contribution < 1.29 is 9.53 Å². The van der Waals surface area contributed by atoms with Crippen LogP contribution in [0.3, 0.4) is 0 Å². The van der Waals surface area contributed by atoms with Crippen LogP contribution in [-0.4, -0.2) is 50.6 Å². The first-order chi connectivity index (χ1) is 13.5. The second kappa shape index (κ2) is 9.11. The minimum Gasteiger partial charge on any atom is -0.497 e. The fourth-order valence-electron chi connectivity index (χ4n) is 3.58. The number of piperazine rings is 1. The maximum atomic E-state index is 12.5. The van der Waals surface area contributed by atoms with E-state index in [4.69, 9.17) is 4.74 Å². The van der Waals surface area contributed by atoms with Gasteiger partial charge in [0.05, 0.1) is 19.7 Å². The van der Waals surface area contributed by atoms with Crippen LogP contribution >= 0.6 is 0 Å². The number of hydrogen-bond acceptors (Lipinski definition) is 4. The first kappa shape index (κ1) is 20.2. The van der Waals surface area contributed by atoms with Crippen LogP contribution in [-0.2, 0) is 4.79 Å². The predicted molar refractivity (Wildman–Crippen MR) is 114 cm³/mol. The summed E-state index contributed by atoms with van der Waals surface area (Å²) in [5, 5.41) is 3.14. The fourth-order valence-corrected chi connectivity index (χ4v) is 3.58. The SMILES string of the molecule is COc1cccc(N2CCN(CC(=O)N[C@H](C)c3ccc(C)c(C)c3)CC2)c1. The van der Waals surface area contributed by atoms with Gasteiger partial charge in [0.1, 0.15) is 5.75 Å². The molecule has 150 valence electrons. The molecule has 1 aliphatic heterocycles. The maximum Gasteiger partial charge on any atom is 0.234 e. The molecule has 28 heavy (non-hydrogen) atoms. The number of benzene rings is 2. The number of anilines is 1. The van der Waals surface area contributed by atoms with Crippen LogP contribution < -0.4 is 15.0 Å². The van der Waals surface area contributed by atoms with Crippen molar-refractivity contribution in [2.75, 3.05) is 44.7 Å². The molecule has 3 rings (SSSR count). The average Bonchev–Trinajstić information content (AvgIpc) is 2.70. The van der Waals surface area contributed by atoms with Gasteiger partial charge in [0.15, 0.2) is 0 Å². The number of ether oxygens (including phenoxy) is 1. The Morgan fingerprint density at radius 2 is 1.82 bits per heavy atom. The predicted octanol–water partition coefficient (Wildman–Crippen LogP) is 3.31. The second-order valence-electron chi connectivity index (χ2n) is 7.60. The van der Waals surface area contributed by atoms with Gasteiger partial charge in [0.2, 0.25) is 5.91 Å². The molecule has 1 aliphatic rings. The van der Waals surface area contributed by atoms with Crippen molar-refractivity contribution in [3.8, 4) is 5.75 Å². The molecule has 1 N–H and O–H groups in total. The van der Waals surface area contributed by atoms with Crippen molar-refractivity contribution in [3.05, 3.63) is 59.2 Å². The monoisotopic (exact) mass is 381 g/mol. The molecule has 5 nitrogen and oxygen atoms in total. The molecule has 1 fully saturated rings. The third-order valence-corrected chi connectivity index (χ3v) is 5.57. The van der Waals surface area contributed by atoms with Crippen LogP contribution in [0.25, 0.3) is 0 Å². The summed E-state index contributed by atoms with van der Waals surface area (Å²) in [6, 6.07) is 14.5. The van der Waals surface area contributed by atoms with E-state index in [1.54, 1.807) is 7.11 Å². The summed E-state index contributed by atoms with van der Waals surface area (Å²) in [6.45, 7) is 10.3. The Kier molecular flexibility index (Phi) is 6.57. The number of carbonyl (C=O) groups is 1. The number of nitrogens with one attached hydrogen (secondary N) is 1. The maximum absolute atomic E-state index is 12.5. The van der Waals surface area contributed by atoms with Crippen LogP contribution in [0.2, 0.25) is 0 Å². The molecule has 2 aromatic rings. The summed E-state index contributed by atoms with van der Waals surface area (Å²) in [4.78, 5) is 17.1. The summed E-state index contributed by atoms with van der Waals surface area (Å²) in [5.41, 5.74) is 4.86. The van der Waals surface area contributed by atoms with Gasteiger partial charge in [-0.3, -0.25) is 9.69 Å². The van der Waals surface area contributed by atoms with E-state index in [2.05, 4.69) is 59.3 Å². The van der Waals surface area contributed by atoms with Crippen molar-refractivity contribution in [1.29, 1.82) is 0 Å². The smallest absolute Gasteiger partial charge is 0.234 e. The van der Waals surface area contributed by atoms with Crippen LogP contribution in [0.5, 0.6) is 5.75 Å². The lowest BCUT2D eigenvalue weighted by atomic mass is 10.0. The zero-order valence-corrected chi connectivity index (χ0v) is 17.4. The normalized spacial score (nSPS) is 15.9. The third-order valence-electron chi connectivity index (χ3n) is 5.57. The Labute approximate surface area is 168 Å². The molecule has 0 spiro atoms. The van der Waals surface area contributed by atoms with E-state index in [1.165, 1.54) is 16.8 Å². The van der Waals surface area contributed by atoms with Gasteiger partial charge in [-0.15, -0.1) is 0 Å². The topological polar surface area (TPSA) is 44.8 Å². The molecule has 0 bridgehead atoms. The highest BCUT2D eigenvalue weighted by Crippen LogP contribution is 2.22. The molecule has 0 radical (unpaired) electrons. The van der Waals surface area contributed by atoms with Crippen LogP contribution in [0, 0.1) is 13.8 Å². The van der Waals surface area contributed by atoms with E-state index >= 15 is 0 Å². The summed E-state index contributed by atoms with van der Waals surface area (Å²) < 4.78 is 5.32. The van der Waals surface area contributed by atoms with Gasteiger partial charge >= 0.3 is 0 Å². The number of amides is 1. The summed E-state index contributed by atoms with van der Waals surface area (Å²) in [5.74, 6) is 0.959. The molecule has 5 heteroatoms. The third kappa shape index (κ3) is 5.04. The number of rotatable bonds is 6. The van der Waals surface area contributed by atoms with Crippen molar-refractivity contribution in [2.24, 2.45) is 0 Å². The molecular weight excluding hydrogens is 350 g/mol. The summed E-state index contributed by atoms with van der Waals surface area (Å²) in [7, 11) is 1.69. The minimum absolute atomic E-state index is 0.0184. The number of nitrogens with zero attached hydrogens (tertiary/aromatic N) is 2. The number of carbonyl (C=O) groups excluding carboxylic acids is 1. The highest BCUT2D eigenvalue weighted by atomic mass is 16.5. The highest BCUT2D eigenvalue weighted by molar-refractivity contribution is 5.78. The molecule has 0 aliphatic carbocycles. The Morgan fingerprint density at radius 1 is 1.07 bits per heavy atom. The van der Waals surface area contributed by atoms with Crippen LogP contribution in [0.4, 0.5) is 5.69 Å². The van der Waals surface area contributed by atoms with E-state index in [0.29, 0.717) is 6.54 Å². The van der Waals surface area contributed by atoms with Gasteiger partial charge in [-0.05, 0) is 49.6 Å². The number of aryl methyl sites for hydroxylation is 2. The lowest BCUT2D eigenvalue weighted by molar-refractivity contribution is -0.123. The van der Waals surface area contributed by atoms with E-state index in [0.717, 1.165) is 37.5 Å². The lowest BCUT2D eigenvalue weighted by Gasteiger charge is -2.36. The summed E-state index contributed by atoms with van der Waals surface area (Å²) >= 11 is 0. The van der Waals surface area contributed by atoms with Crippen molar-refractivity contribution in [2.45, 2.75) is 26.8 Å². The van der Waals surface area contributed by atoms with Gasteiger partial charge in [-0.1, -0.05) is 24.3 Å². The zero-order valence-electron chi connectivity index (χ0n) is 17.4. The lowest BCUT2D eigenvalue weighted by Crippen LogP contribution is -2.49. The largest absolute Gasteiger partial charge is 0.497 e. The standard InChI is InChI=1S/C23H31N3O2/c1-17-8-9-20(14-18(17)2)19(3)24-23(27)16-25-10-12-26(13-11-25)21-6-5-7-22(15-21)28-4/h5-9,14-15,19H,10-13,16H2,1-4H3,(H,24,27)/t19-/m1/s1. The molecule has 2 aromatic carbocycles. The van der Waals surface area contributed by atoms with Crippen molar-refractivity contribution >= 4 is 11.6 Å². The van der Waals surface area contributed by atoms with Gasteiger partial charge in [0, 0.05) is 37.9 Å².